The minimum absolute atomic E-state index is 0.0153. The van der Waals surface area contributed by atoms with Crippen molar-refractivity contribution in [1.82, 2.24) is 14.9 Å². The van der Waals surface area contributed by atoms with Crippen LogP contribution in [0.1, 0.15) is 62.3 Å². The average Bonchev–Trinajstić information content (AvgIpc) is 3.54. The molecule has 0 saturated carbocycles. The lowest BCUT2D eigenvalue weighted by Crippen LogP contribution is -2.56. The Balaban J connectivity index is 1.17. The number of aromatic nitrogens is 2. The summed E-state index contributed by atoms with van der Waals surface area (Å²) in [4.78, 5) is 17.3. The minimum atomic E-state index is -0.211. The van der Waals surface area contributed by atoms with Gasteiger partial charge >= 0.3 is 6.01 Å². The molecule has 3 aromatic rings. The zero-order valence-electron chi connectivity index (χ0n) is 25.7. The van der Waals surface area contributed by atoms with Crippen molar-refractivity contribution < 1.29 is 19.0 Å². The van der Waals surface area contributed by atoms with E-state index < -0.39 is 0 Å². The van der Waals surface area contributed by atoms with Gasteiger partial charge in [0.25, 0.3) is 0 Å². The van der Waals surface area contributed by atoms with Crippen molar-refractivity contribution in [3.8, 4) is 11.8 Å². The monoisotopic (exact) mass is 599 g/mol. The second-order valence-corrected chi connectivity index (χ2v) is 13.6. The molecule has 0 amide bonds. The fourth-order valence-corrected chi connectivity index (χ4v) is 8.63. The Morgan fingerprint density at radius 1 is 1.07 bits per heavy atom. The van der Waals surface area contributed by atoms with Gasteiger partial charge in [-0.2, -0.15) is 9.97 Å². The summed E-state index contributed by atoms with van der Waals surface area (Å²) < 4.78 is 27.7. The van der Waals surface area contributed by atoms with Gasteiger partial charge in [-0.1, -0.05) is 25.1 Å². The highest BCUT2D eigenvalue weighted by molar-refractivity contribution is 5.98. The molecule has 2 unspecified atom stereocenters. The summed E-state index contributed by atoms with van der Waals surface area (Å²) >= 11 is 0. The van der Waals surface area contributed by atoms with E-state index in [1.165, 1.54) is 18.1 Å². The smallest absolute Gasteiger partial charge is 0.318 e. The number of aromatic hydroxyl groups is 1. The van der Waals surface area contributed by atoms with E-state index in [4.69, 9.17) is 19.4 Å². The number of ether oxygens (including phenoxy) is 2. The number of aryl methyl sites for hydroxylation is 1. The van der Waals surface area contributed by atoms with Crippen LogP contribution in [0.3, 0.4) is 0 Å². The average molecular weight is 600 g/mol. The van der Waals surface area contributed by atoms with Gasteiger partial charge in [-0.05, 0) is 74.6 Å². The van der Waals surface area contributed by atoms with Crippen molar-refractivity contribution >= 4 is 22.3 Å². The van der Waals surface area contributed by atoms with E-state index in [9.17, 15) is 5.11 Å². The summed E-state index contributed by atoms with van der Waals surface area (Å²) in [6, 6.07) is 7.18. The van der Waals surface area contributed by atoms with Gasteiger partial charge in [0.2, 0.25) is 0 Å². The Morgan fingerprint density at radius 3 is 2.75 bits per heavy atom. The maximum absolute atomic E-state index is 15.0. The number of halogens is 1. The number of phenols is 1. The maximum Gasteiger partial charge on any atom is 0.318 e. The highest BCUT2D eigenvalue weighted by Crippen LogP contribution is 2.43. The van der Waals surface area contributed by atoms with Crippen LogP contribution in [0.4, 0.5) is 15.9 Å². The quantitative estimate of drug-likeness (QED) is 0.371. The van der Waals surface area contributed by atoms with Gasteiger partial charge in [-0.3, -0.25) is 4.90 Å². The minimum Gasteiger partial charge on any atom is -0.508 e. The molecule has 44 heavy (non-hydrogen) atoms. The summed E-state index contributed by atoms with van der Waals surface area (Å²) in [5.74, 6) is 0.936. The molecular weight excluding hydrogens is 557 g/mol. The number of nitrogens with zero attached hydrogens (tertiary/aromatic N) is 5. The van der Waals surface area contributed by atoms with Crippen LogP contribution in [0.15, 0.2) is 36.4 Å². The van der Waals surface area contributed by atoms with Crippen molar-refractivity contribution in [2.75, 3.05) is 55.7 Å². The first-order chi connectivity index (χ1) is 21.4. The molecule has 8 nitrogen and oxygen atoms in total. The Hall–Kier alpha value is -3.43. The molecule has 6 heterocycles. The van der Waals surface area contributed by atoms with Crippen LogP contribution in [0, 0.1) is 5.82 Å². The van der Waals surface area contributed by atoms with E-state index in [0.717, 1.165) is 111 Å². The molecule has 8 rings (SSSR count). The van der Waals surface area contributed by atoms with Crippen LogP contribution >= 0.6 is 0 Å². The van der Waals surface area contributed by atoms with Crippen LogP contribution in [0.5, 0.6) is 11.8 Å². The van der Waals surface area contributed by atoms with Gasteiger partial charge in [-0.15, -0.1) is 0 Å². The van der Waals surface area contributed by atoms with Gasteiger partial charge in [0.1, 0.15) is 24.0 Å². The molecule has 9 heteroatoms. The number of fused-ring (bicyclic) bond motifs is 3. The van der Waals surface area contributed by atoms with E-state index in [-0.39, 0.29) is 22.7 Å². The Morgan fingerprint density at radius 2 is 1.93 bits per heavy atom. The topological polar surface area (TPSA) is 74.2 Å². The molecule has 5 aliphatic heterocycles. The van der Waals surface area contributed by atoms with E-state index in [2.05, 4.69) is 21.3 Å². The number of piperidine rings is 1. The van der Waals surface area contributed by atoms with Crippen LogP contribution < -0.4 is 14.5 Å². The van der Waals surface area contributed by atoms with Crippen LogP contribution in [-0.2, 0) is 24.1 Å². The molecule has 4 fully saturated rings. The molecule has 0 bridgehead atoms. The zero-order chi connectivity index (χ0) is 30.1. The zero-order valence-corrected chi connectivity index (χ0v) is 25.7. The van der Waals surface area contributed by atoms with Crippen LogP contribution in [-0.4, -0.2) is 77.1 Å². The Labute approximate surface area is 258 Å². The highest BCUT2D eigenvalue weighted by Gasteiger charge is 2.47. The number of rotatable bonds is 6. The van der Waals surface area contributed by atoms with Crippen LogP contribution in [0.25, 0.3) is 10.8 Å². The van der Waals surface area contributed by atoms with E-state index in [1.54, 1.807) is 18.2 Å². The summed E-state index contributed by atoms with van der Waals surface area (Å²) in [7, 11) is 0. The third kappa shape index (κ3) is 4.62. The summed E-state index contributed by atoms with van der Waals surface area (Å²) in [5.41, 5.74) is 4.81. The fourth-order valence-electron chi connectivity index (χ4n) is 8.63. The molecule has 5 aliphatic rings. The molecule has 1 spiro atoms. The van der Waals surface area contributed by atoms with Crippen molar-refractivity contribution in [1.29, 1.82) is 0 Å². The third-order valence-corrected chi connectivity index (χ3v) is 10.9. The number of anilines is 2. The Kier molecular flexibility index (Phi) is 6.75. The molecule has 232 valence electrons. The second-order valence-electron chi connectivity index (χ2n) is 13.6. The van der Waals surface area contributed by atoms with Gasteiger partial charge in [0, 0.05) is 55.3 Å². The van der Waals surface area contributed by atoms with Gasteiger partial charge < -0.3 is 24.4 Å². The standard InChI is InChI=1S/C35H42FN5O3/c1-3-26-28(36)7-6-24-16-25(42)17-30(31(24)26)39-14-8-27-29(20-39)37-33(43-22-34-9-4-13-41(34)19-23(2)18-34)38-32(27)40-12-5-10-35(21-40)11-15-44-35/h6-7,16-17,42H,2-5,8-15,18-22H2,1H3. The normalized spacial score (nSPS) is 26.7. The lowest BCUT2D eigenvalue weighted by molar-refractivity contribution is -0.151. The Bertz CT molecular complexity index is 1640. The second kappa shape index (κ2) is 10.6. The summed E-state index contributed by atoms with van der Waals surface area (Å²) in [6.07, 6.45) is 7.82. The number of hydrogen-bond donors (Lipinski definition) is 1. The van der Waals surface area contributed by atoms with Crippen molar-refractivity contribution in [2.45, 2.75) is 76.0 Å². The van der Waals surface area contributed by atoms with Crippen molar-refractivity contribution in [3.63, 3.8) is 0 Å². The number of phenolic OH excluding ortho intramolecular Hbond substituents is 1. The van der Waals surface area contributed by atoms with Gasteiger partial charge in [-0.25, -0.2) is 4.39 Å². The summed E-state index contributed by atoms with van der Waals surface area (Å²) in [5, 5.41) is 12.4. The third-order valence-electron chi connectivity index (χ3n) is 10.9. The molecular formula is C35H42FN5O3. The van der Waals surface area contributed by atoms with Gasteiger partial charge in [0.05, 0.1) is 30.0 Å². The van der Waals surface area contributed by atoms with E-state index >= 15 is 4.39 Å². The first-order valence-corrected chi connectivity index (χ1v) is 16.4. The van der Waals surface area contributed by atoms with Gasteiger partial charge in [0.15, 0.2) is 0 Å². The molecule has 1 N–H and O–H groups in total. The number of hydrogen-bond acceptors (Lipinski definition) is 8. The van der Waals surface area contributed by atoms with Crippen molar-refractivity contribution in [3.05, 3.63) is 59.1 Å². The van der Waals surface area contributed by atoms with Crippen LogP contribution in [0.2, 0.25) is 0 Å². The predicted molar refractivity (Wildman–Crippen MR) is 169 cm³/mol. The SMILES string of the molecule is C=C1CN2CCCC2(COc2nc3c(c(N4CCCC5(CCO5)C4)n2)CCN(c2cc(O)cc4ccc(F)c(CC)c24)C3)C1. The fraction of sp³-hybridized carbons (Fsp3) is 0.543. The first kappa shape index (κ1) is 28.1. The predicted octanol–water partition coefficient (Wildman–Crippen LogP) is 5.53. The highest BCUT2D eigenvalue weighted by atomic mass is 19.1. The lowest BCUT2D eigenvalue weighted by Gasteiger charge is -2.49. The molecule has 1 aromatic heterocycles. The number of benzene rings is 2. The van der Waals surface area contributed by atoms with E-state index in [0.29, 0.717) is 31.1 Å². The molecule has 0 aliphatic carbocycles. The lowest BCUT2D eigenvalue weighted by atomic mass is 9.85. The molecule has 2 aromatic carbocycles. The summed E-state index contributed by atoms with van der Waals surface area (Å²) in [6.45, 7) is 12.7. The molecule has 0 radical (unpaired) electrons. The van der Waals surface area contributed by atoms with E-state index in [1.807, 2.05) is 6.92 Å². The largest absolute Gasteiger partial charge is 0.508 e. The molecule has 2 atom stereocenters. The van der Waals surface area contributed by atoms with Crippen molar-refractivity contribution in [2.24, 2.45) is 0 Å². The molecule has 4 saturated heterocycles. The maximum atomic E-state index is 15.0. The first-order valence-electron chi connectivity index (χ1n) is 16.4.